The second-order valence-electron chi connectivity index (χ2n) is 3.61. The van der Waals surface area contributed by atoms with E-state index in [0.717, 1.165) is 21.1 Å². The fourth-order valence-electron chi connectivity index (χ4n) is 1.53. The number of H-pyrrole nitrogens is 1. The Bertz CT molecular complexity index is 553. The minimum Gasteiger partial charge on any atom is -0.281 e. The van der Waals surface area contributed by atoms with Crippen molar-refractivity contribution in [3.05, 3.63) is 28.4 Å². The van der Waals surface area contributed by atoms with Gasteiger partial charge in [0.25, 0.3) is 5.91 Å². The van der Waals surface area contributed by atoms with Gasteiger partial charge in [-0.3, -0.25) is 14.7 Å². The van der Waals surface area contributed by atoms with Gasteiger partial charge in [0.1, 0.15) is 0 Å². The highest BCUT2D eigenvalue weighted by atomic mass is 79.9. The first-order chi connectivity index (χ1) is 8.11. The van der Waals surface area contributed by atoms with E-state index in [4.69, 9.17) is 4.84 Å². The lowest BCUT2D eigenvalue weighted by Crippen LogP contribution is -2.27. The van der Waals surface area contributed by atoms with E-state index in [1.165, 1.54) is 12.2 Å². The van der Waals surface area contributed by atoms with Gasteiger partial charge in [-0.15, -0.1) is 0 Å². The van der Waals surface area contributed by atoms with E-state index >= 15 is 0 Å². The van der Waals surface area contributed by atoms with Crippen LogP contribution < -0.4 is 0 Å². The number of rotatable bonds is 3. The van der Waals surface area contributed by atoms with E-state index in [9.17, 15) is 4.79 Å². The third kappa shape index (κ3) is 2.48. The molecule has 1 amide bonds. The zero-order valence-corrected chi connectivity index (χ0v) is 11.1. The van der Waals surface area contributed by atoms with Crippen molar-refractivity contribution >= 4 is 32.7 Å². The molecule has 0 aliphatic rings. The van der Waals surface area contributed by atoms with Crippen LogP contribution in [0.3, 0.4) is 0 Å². The second kappa shape index (κ2) is 4.85. The average Bonchev–Trinajstić information content (AvgIpc) is 2.71. The van der Waals surface area contributed by atoms with Crippen molar-refractivity contribution in [1.29, 1.82) is 0 Å². The molecule has 1 N–H and O–H groups in total. The quantitative estimate of drug-likeness (QED) is 0.880. The maximum atomic E-state index is 11.7. The van der Waals surface area contributed by atoms with Gasteiger partial charge in [-0.1, -0.05) is 15.9 Å². The molecule has 0 bridgehead atoms. The van der Waals surface area contributed by atoms with Gasteiger partial charge in [0.05, 0.1) is 24.7 Å². The van der Waals surface area contributed by atoms with Crippen LogP contribution in [0.15, 0.2) is 22.7 Å². The molecule has 0 spiro atoms. The summed E-state index contributed by atoms with van der Waals surface area (Å²) in [6.07, 6.45) is 0.233. The highest BCUT2D eigenvalue weighted by Gasteiger charge is 2.13. The van der Waals surface area contributed by atoms with Crippen LogP contribution in [0.5, 0.6) is 0 Å². The average molecular weight is 298 g/mol. The molecular weight excluding hydrogens is 286 g/mol. The number of aromatic nitrogens is 2. The van der Waals surface area contributed by atoms with Crippen LogP contribution in [0.4, 0.5) is 0 Å². The lowest BCUT2D eigenvalue weighted by atomic mass is 10.1. The monoisotopic (exact) mass is 297 g/mol. The number of amides is 1. The summed E-state index contributed by atoms with van der Waals surface area (Å²) in [6, 6.07) is 5.74. The number of likely N-dealkylation sites (N-methyl/N-ethyl adjacent to an activating group) is 1. The maximum Gasteiger partial charge on any atom is 0.251 e. The summed E-state index contributed by atoms with van der Waals surface area (Å²) in [5.41, 5.74) is 1.63. The highest BCUT2D eigenvalue weighted by Crippen LogP contribution is 2.21. The summed E-state index contributed by atoms with van der Waals surface area (Å²) in [4.78, 5) is 16.5. The first-order valence-electron chi connectivity index (χ1n) is 5.05. The molecule has 5 nitrogen and oxygen atoms in total. The second-order valence-corrected chi connectivity index (χ2v) is 4.53. The minimum absolute atomic E-state index is 0.127. The number of carbonyl (C=O) groups is 1. The molecular formula is C11H12BrN3O2. The number of benzene rings is 1. The summed E-state index contributed by atoms with van der Waals surface area (Å²) < 4.78 is 0.959. The van der Waals surface area contributed by atoms with Gasteiger partial charge in [0, 0.05) is 16.9 Å². The van der Waals surface area contributed by atoms with Gasteiger partial charge in [-0.25, -0.2) is 5.06 Å². The van der Waals surface area contributed by atoms with E-state index in [-0.39, 0.29) is 12.3 Å². The molecule has 0 saturated carbocycles. The minimum atomic E-state index is -0.127. The van der Waals surface area contributed by atoms with E-state index in [2.05, 4.69) is 26.1 Å². The van der Waals surface area contributed by atoms with Gasteiger partial charge < -0.3 is 0 Å². The predicted octanol–water partition coefficient (Wildman–Crippen LogP) is 1.89. The van der Waals surface area contributed by atoms with E-state index in [1.807, 2.05) is 18.2 Å². The number of nitrogens with one attached hydrogen (secondary N) is 1. The molecule has 2 aromatic rings. The first-order valence-corrected chi connectivity index (χ1v) is 5.84. The topological polar surface area (TPSA) is 58.2 Å². The predicted molar refractivity (Wildman–Crippen MR) is 67.3 cm³/mol. The van der Waals surface area contributed by atoms with Crippen molar-refractivity contribution in [2.24, 2.45) is 0 Å². The Morgan fingerprint density at radius 2 is 2.35 bits per heavy atom. The molecule has 0 unspecified atom stereocenters. The number of carbonyl (C=O) groups excluding carboxylic acids is 1. The molecule has 0 radical (unpaired) electrons. The Morgan fingerprint density at radius 1 is 1.59 bits per heavy atom. The number of nitrogens with zero attached hydrogens (tertiary/aromatic N) is 2. The number of hydrogen-bond acceptors (Lipinski definition) is 3. The largest absolute Gasteiger partial charge is 0.281 e. The van der Waals surface area contributed by atoms with Gasteiger partial charge in [-0.05, 0) is 18.2 Å². The van der Waals surface area contributed by atoms with Crippen molar-refractivity contribution in [3.63, 3.8) is 0 Å². The number of aromatic amines is 1. The van der Waals surface area contributed by atoms with Crippen LogP contribution in [0.1, 0.15) is 5.69 Å². The van der Waals surface area contributed by atoms with Crippen molar-refractivity contribution < 1.29 is 9.63 Å². The van der Waals surface area contributed by atoms with Gasteiger partial charge in [0.2, 0.25) is 0 Å². The Hall–Kier alpha value is -1.40. The summed E-state index contributed by atoms with van der Waals surface area (Å²) in [6.45, 7) is 0. The van der Waals surface area contributed by atoms with Gasteiger partial charge in [-0.2, -0.15) is 5.10 Å². The zero-order chi connectivity index (χ0) is 12.4. The standard InChI is InChI=1S/C11H12BrN3O2/c1-15(17-2)11(16)6-10-8-5-7(12)3-4-9(8)13-14-10/h3-5H,6H2,1-2H3,(H,13,14). The van der Waals surface area contributed by atoms with Crippen LogP contribution in [0.25, 0.3) is 10.9 Å². The Kier molecular flexibility index (Phi) is 3.44. The van der Waals surface area contributed by atoms with Crippen LogP contribution in [-0.4, -0.2) is 35.3 Å². The van der Waals surface area contributed by atoms with Crippen molar-refractivity contribution in [2.45, 2.75) is 6.42 Å². The number of fused-ring (bicyclic) bond motifs is 1. The molecule has 2 rings (SSSR count). The molecule has 0 atom stereocenters. The highest BCUT2D eigenvalue weighted by molar-refractivity contribution is 9.10. The molecule has 1 aromatic heterocycles. The zero-order valence-electron chi connectivity index (χ0n) is 9.53. The summed E-state index contributed by atoms with van der Waals surface area (Å²) in [5.74, 6) is -0.127. The van der Waals surface area contributed by atoms with Crippen LogP contribution >= 0.6 is 15.9 Å². The Balaban J connectivity index is 2.30. The van der Waals surface area contributed by atoms with Gasteiger partial charge in [0.15, 0.2) is 0 Å². The summed E-state index contributed by atoms with van der Waals surface area (Å²) in [7, 11) is 3.04. The molecule has 0 fully saturated rings. The molecule has 17 heavy (non-hydrogen) atoms. The maximum absolute atomic E-state index is 11.7. The van der Waals surface area contributed by atoms with Crippen molar-refractivity contribution in [1.82, 2.24) is 15.3 Å². The fraction of sp³-hybridized carbons (Fsp3) is 0.273. The number of halogens is 1. The lowest BCUT2D eigenvalue weighted by Gasteiger charge is -2.12. The van der Waals surface area contributed by atoms with Crippen molar-refractivity contribution in [3.8, 4) is 0 Å². The lowest BCUT2D eigenvalue weighted by molar-refractivity contribution is -0.167. The Labute approximate surface area is 107 Å². The smallest absolute Gasteiger partial charge is 0.251 e. The van der Waals surface area contributed by atoms with E-state index < -0.39 is 0 Å². The summed E-state index contributed by atoms with van der Waals surface area (Å²) >= 11 is 3.40. The molecule has 0 saturated heterocycles. The molecule has 0 aliphatic heterocycles. The SMILES string of the molecule is CON(C)C(=O)Cc1[nH]nc2ccc(Br)cc12. The van der Waals surface area contributed by atoms with E-state index in [1.54, 1.807) is 7.05 Å². The molecule has 1 aromatic carbocycles. The fourth-order valence-corrected chi connectivity index (χ4v) is 1.90. The number of hydroxylamine groups is 2. The van der Waals surface area contributed by atoms with Gasteiger partial charge >= 0.3 is 0 Å². The van der Waals surface area contributed by atoms with Crippen molar-refractivity contribution in [2.75, 3.05) is 14.2 Å². The molecule has 1 heterocycles. The molecule has 90 valence electrons. The number of hydrogen-bond donors (Lipinski definition) is 1. The van der Waals surface area contributed by atoms with Crippen LogP contribution in [0.2, 0.25) is 0 Å². The third-order valence-electron chi connectivity index (χ3n) is 2.55. The van der Waals surface area contributed by atoms with Crippen LogP contribution in [0, 0.1) is 0 Å². The third-order valence-corrected chi connectivity index (χ3v) is 3.04. The summed E-state index contributed by atoms with van der Waals surface area (Å²) in [5, 5.41) is 9.16. The van der Waals surface area contributed by atoms with E-state index in [0.29, 0.717) is 0 Å². The normalized spacial score (nSPS) is 10.8. The Morgan fingerprint density at radius 3 is 3.06 bits per heavy atom. The van der Waals surface area contributed by atoms with Crippen LogP contribution in [-0.2, 0) is 16.1 Å². The molecule has 0 aliphatic carbocycles. The first kappa shape index (κ1) is 12.1. The molecule has 6 heteroatoms.